The number of nitrogens with two attached hydrogens (primary N) is 1. The Kier molecular flexibility index (Phi) is 3.44. The van der Waals surface area contributed by atoms with E-state index in [0.29, 0.717) is 6.54 Å². The van der Waals surface area contributed by atoms with E-state index in [4.69, 9.17) is 14.6 Å². The standard InChI is InChI=1S/C12H16N2O2/c1-14(7-11-3-2-4-15-11)8-12-5-10(6-13)9-16-12/h2-5,9H,6-8,13H2,1H3. The quantitative estimate of drug-likeness (QED) is 0.837. The summed E-state index contributed by atoms with van der Waals surface area (Å²) in [5.41, 5.74) is 6.54. The maximum atomic E-state index is 5.52. The summed E-state index contributed by atoms with van der Waals surface area (Å²) in [7, 11) is 2.02. The van der Waals surface area contributed by atoms with Gasteiger partial charge in [-0.2, -0.15) is 0 Å². The van der Waals surface area contributed by atoms with Gasteiger partial charge in [-0.15, -0.1) is 0 Å². The third-order valence-electron chi connectivity index (χ3n) is 2.38. The molecule has 0 saturated carbocycles. The smallest absolute Gasteiger partial charge is 0.118 e. The van der Waals surface area contributed by atoms with Crippen LogP contribution in [0.2, 0.25) is 0 Å². The van der Waals surface area contributed by atoms with Crippen LogP contribution in [0.3, 0.4) is 0 Å². The topological polar surface area (TPSA) is 55.5 Å². The molecule has 0 amide bonds. The van der Waals surface area contributed by atoms with Crippen molar-refractivity contribution in [3.8, 4) is 0 Å². The Morgan fingerprint density at radius 3 is 2.69 bits per heavy atom. The summed E-state index contributed by atoms with van der Waals surface area (Å²) in [6, 6.07) is 5.84. The van der Waals surface area contributed by atoms with E-state index < -0.39 is 0 Å². The summed E-state index contributed by atoms with van der Waals surface area (Å²) >= 11 is 0. The highest BCUT2D eigenvalue weighted by Gasteiger charge is 2.06. The highest BCUT2D eigenvalue weighted by molar-refractivity contribution is 5.12. The second-order valence-electron chi connectivity index (χ2n) is 3.88. The van der Waals surface area contributed by atoms with Crippen molar-refractivity contribution in [3.63, 3.8) is 0 Å². The molecule has 0 aliphatic rings. The Morgan fingerprint density at radius 2 is 2.06 bits per heavy atom. The van der Waals surface area contributed by atoms with E-state index in [-0.39, 0.29) is 0 Å². The van der Waals surface area contributed by atoms with E-state index in [9.17, 15) is 0 Å². The Hall–Kier alpha value is -1.52. The van der Waals surface area contributed by atoms with Crippen LogP contribution in [0.5, 0.6) is 0 Å². The third kappa shape index (κ3) is 2.74. The number of hydrogen-bond acceptors (Lipinski definition) is 4. The van der Waals surface area contributed by atoms with Gasteiger partial charge in [0.1, 0.15) is 11.5 Å². The molecule has 0 spiro atoms. The summed E-state index contributed by atoms with van der Waals surface area (Å²) in [5.74, 6) is 1.88. The summed E-state index contributed by atoms with van der Waals surface area (Å²) in [6.45, 7) is 2.04. The maximum Gasteiger partial charge on any atom is 0.118 e. The van der Waals surface area contributed by atoms with Gasteiger partial charge in [0.2, 0.25) is 0 Å². The summed E-state index contributed by atoms with van der Waals surface area (Å²) < 4.78 is 10.7. The molecule has 2 N–H and O–H groups in total. The molecule has 0 radical (unpaired) electrons. The van der Waals surface area contributed by atoms with Crippen LogP contribution in [0.1, 0.15) is 17.1 Å². The van der Waals surface area contributed by atoms with Gasteiger partial charge < -0.3 is 14.6 Å². The van der Waals surface area contributed by atoms with Crippen molar-refractivity contribution in [3.05, 3.63) is 47.8 Å². The minimum Gasteiger partial charge on any atom is -0.468 e. The average Bonchev–Trinajstić information content (AvgIpc) is 2.89. The Labute approximate surface area is 94.6 Å². The molecule has 4 heteroatoms. The van der Waals surface area contributed by atoms with E-state index in [1.54, 1.807) is 12.5 Å². The van der Waals surface area contributed by atoms with Crippen LogP contribution in [-0.4, -0.2) is 11.9 Å². The van der Waals surface area contributed by atoms with Crippen LogP contribution in [0.4, 0.5) is 0 Å². The summed E-state index contributed by atoms with van der Waals surface area (Å²) in [6.07, 6.45) is 3.39. The Bertz CT molecular complexity index is 420. The lowest BCUT2D eigenvalue weighted by molar-refractivity contribution is 0.264. The van der Waals surface area contributed by atoms with E-state index in [0.717, 1.165) is 30.2 Å². The lowest BCUT2D eigenvalue weighted by atomic mass is 10.3. The zero-order chi connectivity index (χ0) is 11.4. The fourth-order valence-electron chi connectivity index (χ4n) is 1.61. The predicted molar refractivity (Wildman–Crippen MR) is 60.5 cm³/mol. The van der Waals surface area contributed by atoms with Gasteiger partial charge in [0.25, 0.3) is 0 Å². The number of hydrogen-bond donors (Lipinski definition) is 1. The van der Waals surface area contributed by atoms with Gasteiger partial charge in [0.05, 0.1) is 25.6 Å². The van der Waals surface area contributed by atoms with Crippen LogP contribution >= 0.6 is 0 Å². The van der Waals surface area contributed by atoms with Crippen molar-refractivity contribution in [2.45, 2.75) is 19.6 Å². The van der Waals surface area contributed by atoms with Crippen molar-refractivity contribution in [1.82, 2.24) is 4.90 Å². The van der Waals surface area contributed by atoms with E-state index >= 15 is 0 Å². The molecule has 0 atom stereocenters. The molecule has 0 aromatic carbocycles. The van der Waals surface area contributed by atoms with Crippen molar-refractivity contribution in [2.24, 2.45) is 5.73 Å². The van der Waals surface area contributed by atoms with Crippen molar-refractivity contribution < 1.29 is 8.83 Å². The zero-order valence-corrected chi connectivity index (χ0v) is 9.35. The second-order valence-corrected chi connectivity index (χ2v) is 3.88. The highest BCUT2D eigenvalue weighted by Crippen LogP contribution is 2.11. The van der Waals surface area contributed by atoms with Gasteiger partial charge in [-0.25, -0.2) is 0 Å². The molecule has 2 rings (SSSR count). The fourth-order valence-corrected chi connectivity index (χ4v) is 1.61. The molecule has 0 unspecified atom stereocenters. The zero-order valence-electron chi connectivity index (χ0n) is 9.35. The molecule has 16 heavy (non-hydrogen) atoms. The van der Waals surface area contributed by atoms with Crippen LogP contribution in [0.25, 0.3) is 0 Å². The van der Waals surface area contributed by atoms with E-state index in [1.165, 1.54) is 0 Å². The van der Waals surface area contributed by atoms with Crippen LogP contribution in [0, 0.1) is 0 Å². The summed E-state index contributed by atoms with van der Waals surface area (Å²) in [5, 5.41) is 0. The van der Waals surface area contributed by atoms with Gasteiger partial charge in [0.15, 0.2) is 0 Å². The largest absolute Gasteiger partial charge is 0.468 e. The maximum absolute atomic E-state index is 5.52. The van der Waals surface area contributed by atoms with Crippen molar-refractivity contribution in [1.29, 1.82) is 0 Å². The van der Waals surface area contributed by atoms with Crippen LogP contribution < -0.4 is 5.73 Å². The monoisotopic (exact) mass is 220 g/mol. The normalized spacial score (nSPS) is 11.2. The molecule has 2 aromatic heterocycles. The van der Waals surface area contributed by atoms with Crippen LogP contribution in [-0.2, 0) is 19.6 Å². The molecular weight excluding hydrogens is 204 g/mol. The first kappa shape index (κ1) is 11.0. The molecule has 0 aliphatic heterocycles. The SMILES string of the molecule is CN(Cc1ccco1)Cc1cc(CN)co1. The molecule has 0 saturated heterocycles. The van der Waals surface area contributed by atoms with Gasteiger partial charge in [-0.1, -0.05) is 0 Å². The molecular formula is C12H16N2O2. The lowest BCUT2D eigenvalue weighted by Crippen LogP contribution is -2.16. The first-order valence-electron chi connectivity index (χ1n) is 5.25. The molecule has 0 bridgehead atoms. The molecule has 4 nitrogen and oxygen atoms in total. The first-order chi connectivity index (χ1) is 7.78. The van der Waals surface area contributed by atoms with Gasteiger partial charge in [-0.3, -0.25) is 4.90 Å². The predicted octanol–water partition coefficient (Wildman–Crippen LogP) is 1.96. The molecule has 0 fully saturated rings. The summed E-state index contributed by atoms with van der Waals surface area (Å²) in [4.78, 5) is 2.12. The first-order valence-corrected chi connectivity index (χ1v) is 5.25. The van der Waals surface area contributed by atoms with E-state index in [2.05, 4.69) is 4.90 Å². The van der Waals surface area contributed by atoms with E-state index in [1.807, 2.05) is 25.2 Å². The van der Waals surface area contributed by atoms with Gasteiger partial charge >= 0.3 is 0 Å². The molecule has 2 heterocycles. The number of furan rings is 2. The minimum atomic E-state index is 0.519. The average molecular weight is 220 g/mol. The Morgan fingerprint density at radius 1 is 1.25 bits per heavy atom. The van der Waals surface area contributed by atoms with Crippen LogP contribution in [0.15, 0.2) is 39.6 Å². The highest BCUT2D eigenvalue weighted by atomic mass is 16.3. The second kappa shape index (κ2) is 5.01. The fraction of sp³-hybridized carbons (Fsp3) is 0.333. The number of nitrogens with zero attached hydrogens (tertiary/aromatic N) is 1. The number of rotatable bonds is 5. The molecule has 0 aliphatic carbocycles. The molecule has 2 aromatic rings. The van der Waals surface area contributed by atoms with Gasteiger partial charge in [0, 0.05) is 12.1 Å². The molecule has 86 valence electrons. The lowest BCUT2D eigenvalue weighted by Gasteiger charge is -2.12. The van der Waals surface area contributed by atoms with Crippen molar-refractivity contribution >= 4 is 0 Å². The van der Waals surface area contributed by atoms with Gasteiger partial charge in [-0.05, 0) is 25.2 Å². The third-order valence-corrected chi connectivity index (χ3v) is 2.38. The Balaban J connectivity index is 1.89. The minimum absolute atomic E-state index is 0.519. The van der Waals surface area contributed by atoms with Crippen molar-refractivity contribution in [2.75, 3.05) is 7.05 Å².